The number of carbonyl (C=O) groups excluding carboxylic acids is 2. The van der Waals surface area contributed by atoms with E-state index >= 15 is 0 Å². The van der Waals surface area contributed by atoms with Gasteiger partial charge in [0, 0.05) is 5.69 Å². The number of ether oxygens (including phenoxy) is 1. The molecule has 1 atom stereocenters. The average molecular weight is 331 g/mol. The van der Waals surface area contributed by atoms with Gasteiger partial charge in [0.05, 0.1) is 0 Å². The number of nitrogens with one attached hydrogen (secondary N) is 1. The number of hydrogen-bond acceptors (Lipinski definition) is 4. The fourth-order valence-electron chi connectivity index (χ4n) is 2.04. The van der Waals surface area contributed by atoms with E-state index in [-0.39, 0.29) is 5.91 Å². The Morgan fingerprint density at radius 1 is 1.09 bits per heavy atom. The second-order valence-corrected chi connectivity index (χ2v) is 6.66. The van der Waals surface area contributed by atoms with Crippen LogP contribution in [0.5, 0.6) is 0 Å². The standard InChI is InChI=1S/C18H21NO3S/c1-11(2)14-5-7-15(8-6-14)19-17(20)13(4)22-18(21)16-12(3)9-10-23-16/h5-11,13H,1-4H3,(H,19,20)/t13-/m0/s1. The quantitative estimate of drug-likeness (QED) is 0.828. The van der Waals surface area contributed by atoms with E-state index in [1.54, 1.807) is 6.92 Å². The zero-order chi connectivity index (χ0) is 17.0. The molecule has 0 aliphatic rings. The second-order valence-electron chi connectivity index (χ2n) is 5.75. The summed E-state index contributed by atoms with van der Waals surface area (Å²) in [5.41, 5.74) is 2.75. The van der Waals surface area contributed by atoms with Gasteiger partial charge in [-0.2, -0.15) is 0 Å². The smallest absolute Gasteiger partial charge is 0.349 e. The molecule has 0 saturated heterocycles. The molecule has 0 radical (unpaired) electrons. The highest BCUT2D eigenvalue weighted by Gasteiger charge is 2.20. The van der Waals surface area contributed by atoms with Crippen molar-refractivity contribution in [2.24, 2.45) is 0 Å². The van der Waals surface area contributed by atoms with Crippen molar-refractivity contribution in [3.63, 3.8) is 0 Å². The normalized spacial score (nSPS) is 12.0. The van der Waals surface area contributed by atoms with Gasteiger partial charge in [-0.1, -0.05) is 26.0 Å². The molecule has 1 amide bonds. The highest BCUT2D eigenvalue weighted by atomic mass is 32.1. The molecule has 5 heteroatoms. The monoisotopic (exact) mass is 331 g/mol. The van der Waals surface area contributed by atoms with E-state index in [1.807, 2.05) is 42.6 Å². The van der Waals surface area contributed by atoms with Crippen LogP contribution in [0.15, 0.2) is 35.7 Å². The van der Waals surface area contributed by atoms with Gasteiger partial charge in [0.25, 0.3) is 5.91 Å². The summed E-state index contributed by atoms with van der Waals surface area (Å²) in [5.74, 6) is -0.367. The Hall–Kier alpha value is -2.14. The molecule has 0 aliphatic heterocycles. The van der Waals surface area contributed by atoms with Gasteiger partial charge >= 0.3 is 5.97 Å². The van der Waals surface area contributed by atoms with Crippen molar-refractivity contribution in [3.05, 3.63) is 51.7 Å². The average Bonchev–Trinajstić information content (AvgIpc) is 2.93. The molecule has 0 unspecified atom stereocenters. The molecular formula is C18H21NO3S. The molecule has 0 saturated carbocycles. The van der Waals surface area contributed by atoms with E-state index < -0.39 is 12.1 Å². The molecule has 4 nitrogen and oxygen atoms in total. The Morgan fingerprint density at radius 2 is 1.74 bits per heavy atom. The van der Waals surface area contributed by atoms with Gasteiger partial charge in [0.2, 0.25) is 0 Å². The number of aryl methyl sites for hydroxylation is 1. The third-order valence-electron chi connectivity index (χ3n) is 3.55. The summed E-state index contributed by atoms with van der Waals surface area (Å²) in [4.78, 5) is 24.7. The number of benzene rings is 1. The maximum atomic E-state index is 12.1. The minimum atomic E-state index is -0.853. The van der Waals surface area contributed by atoms with Crippen molar-refractivity contribution < 1.29 is 14.3 Å². The maximum absolute atomic E-state index is 12.1. The van der Waals surface area contributed by atoms with E-state index in [1.165, 1.54) is 16.9 Å². The number of esters is 1. The van der Waals surface area contributed by atoms with Crippen molar-refractivity contribution >= 4 is 28.9 Å². The van der Waals surface area contributed by atoms with Crippen molar-refractivity contribution in [1.29, 1.82) is 0 Å². The van der Waals surface area contributed by atoms with E-state index in [4.69, 9.17) is 4.74 Å². The molecule has 0 aliphatic carbocycles. The number of amides is 1. The third kappa shape index (κ3) is 4.42. The lowest BCUT2D eigenvalue weighted by Gasteiger charge is -2.14. The van der Waals surface area contributed by atoms with Crippen LogP contribution >= 0.6 is 11.3 Å². The number of anilines is 1. The molecular weight excluding hydrogens is 310 g/mol. The van der Waals surface area contributed by atoms with Crippen LogP contribution in [0.2, 0.25) is 0 Å². The van der Waals surface area contributed by atoms with E-state index in [9.17, 15) is 9.59 Å². The van der Waals surface area contributed by atoms with Crippen molar-refractivity contribution in [3.8, 4) is 0 Å². The van der Waals surface area contributed by atoms with Gasteiger partial charge in [0.1, 0.15) is 4.88 Å². The fraction of sp³-hybridized carbons (Fsp3) is 0.333. The van der Waals surface area contributed by atoms with Crippen LogP contribution in [0.4, 0.5) is 5.69 Å². The molecule has 1 aromatic heterocycles. The first-order valence-electron chi connectivity index (χ1n) is 7.54. The Kier molecular flexibility index (Phi) is 5.55. The molecule has 2 aromatic rings. The Bertz CT molecular complexity index is 689. The number of thiophene rings is 1. The van der Waals surface area contributed by atoms with Crippen LogP contribution < -0.4 is 5.32 Å². The summed E-state index contributed by atoms with van der Waals surface area (Å²) >= 11 is 1.31. The molecule has 23 heavy (non-hydrogen) atoms. The third-order valence-corrected chi connectivity index (χ3v) is 4.54. The van der Waals surface area contributed by atoms with Gasteiger partial charge in [-0.15, -0.1) is 11.3 Å². The number of hydrogen-bond donors (Lipinski definition) is 1. The molecule has 1 heterocycles. The minimum absolute atomic E-state index is 0.343. The molecule has 122 valence electrons. The lowest BCUT2D eigenvalue weighted by molar-refractivity contribution is -0.123. The van der Waals surface area contributed by atoms with Crippen molar-refractivity contribution in [1.82, 2.24) is 0 Å². The van der Waals surface area contributed by atoms with Gasteiger partial charge in [0.15, 0.2) is 6.10 Å². The molecule has 0 fully saturated rings. The minimum Gasteiger partial charge on any atom is -0.448 e. The zero-order valence-electron chi connectivity index (χ0n) is 13.8. The Balaban J connectivity index is 1.94. The first kappa shape index (κ1) is 17.2. The highest BCUT2D eigenvalue weighted by Crippen LogP contribution is 2.19. The SMILES string of the molecule is Cc1ccsc1C(=O)O[C@@H](C)C(=O)Nc1ccc(C(C)C)cc1. The Labute approximate surface area is 140 Å². The first-order chi connectivity index (χ1) is 10.9. The van der Waals surface area contributed by atoms with Crippen LogP contribution in [0.3, 0.4) is 0 Å². The molecule has 0 bridgehead atoms. The highest BCUT2D eigenvalue weighted by molar-refractivity contribution is 7.12. The van der Waals surface area contributed by atoms with Crippen LogP contribution in [0, 0.1) is 6.92 Å². The summed E-state index contributed by atoms with van der Waals surface area (Å²) in [6.45, 7) is 7.64. The predicted octanol–water partition coefficient (Wildman–Crippen LogP) is 4.36. The number of rotatable bonds is 5. The van der Waals surface area contributed by atoms with Crippen molar-refractivity contribution in [2.45, 2.75) is 39.7 Å². The Morgan fingerprint density at radius 3 is 2.26 bits per heavy atom. The van der Waals surface area contributed by atoms with Gasteiger partial charge in [-0.05, 0) is 54.5 Å². The number of carbonyl (C=O) groups is 2. The summed E-state index contributed by atoms with van der Waals surface area (Å²) in [5, 5.41) is 4.59. The lowest BCUT2D eigenvalue weighted by Crippen LogP contribution is -2.29. The van der Waals surface area contributed by atoms with Crippen LogP contribution in [-0.2, 0) is 9.53 Å². The van der Waals surface area contributed by atoms with E-state index in [0.29, 0.717) is 16.5 Å². The van der Waals surface area contributed by atoms with Crippen LogP contribution in [0.1, 0.15) is 47.5 Å². The molecule has 0 spiro atoms. The van der Waals surface area contributed by atoms with Gasteiger partial charge < -0.3 is 10.1 Å². The summed E-state index contributed by atoms with van der Waals surface area (Å²) in [6.07, 6.45) is -0.853. The van der Waals surface area contributed by atoms with E-state index in [2.05, 4.69) is 19.2 Å². The largest absolute Gasteiger partial charge is 0.448 e. The first-order valence-corrected chi connectivity index (χ1v) is 8.42. The van der Waals surface area contributed by atoms with Crippen molar-refractivity contribution in [2.75, 3.05) is 5.32 Å². The van der Waals surface area contributed by atoms with E-state index in [0.717, 1.165) is 5.56 Å². The van der Waals surface area contributed by atoms with Crippen LogP contribution in [0.25, 0.3) is 0 Å². The second kappa shape index (κ2) is 7.42. The molecule has 1 aromatic carbocycles. The fourth-order valence-corrected chi connectivity index (χ4v) is 2.85. The summed E-state index contributed by atoms with van der Waals surface area (Å²) in [7, 11) is 0. The maximum Gasteiger partial charge on any atom is 0.349 e. The van der Waals surface area contributed by atoms with Gasteiger partial charge in [-0.25, -0.2) is 4.79 Å². The van der Waals surface area contributed by atoms with Crippen LogP contribution in [-0.4, -0.2) is 18.0 Å². The summed E-state index contributed by atoms with van der Waals surface area (Å²) in [6, 6.07) is 9.51. The zero-order valence-corrected chi connectivity index (χ0v) is 14.6. The predicted molar refractivity (Wildman–Crippen MR) is 93.1 cm³/mol. The topological polar surface area (TPSA) is 55.4 Å². The summed E-state index contributed by atoms with van der Waals surface area (Å²) < 4.78 is 5.23. The lowest BCUT2D eigenvalue weighted by atomic mass is 10.0. The molecule has 1 N–H and O–H groups in total. The molecule has 2 rings (SSSR count). The van der Waals surface area contributed by atoms with Gasteiger partial charge in [-0.3, -0.25) is 4.79 Å².